The van der Waals surface area contributed by atoms with Crippen LogP contribution in [0.2, 0.25) is 0 Å². The zero-order valence-corrected chi connectivity index (χ0v) is 25.6. The molecule has 210 valence electrons. The van der Waals surface area contributed by atoms with Gasteiger partial charge in [0.15, 0.2) is 0 Å². The van der Waals surface area contributed by atoms with Crippen molar-refractivity contribution in [3.63, 3.8) is 0 Å². The number of methoxy groups -OCH3 is 1. The Kier molecular flexibility index (Phi) is 10.1. The van der Waals surface area contributed by atoms with Crippen molar-refractivity contribution >= 4 is 15.9 Å². The van der Waals surface area contributed by atoms with E-state index in [-0.39, 0.29) is 0 Å². The van der Waals surface area contributed by atoms with E-state index in [1.165, 1.54) is 54.5 Å². The number of nitrogens with zero attached hydrogens (tertiary/aromatic N) is 3. The number of rotatable bonds is 12. The van der Waals surface area contributed by atoms with E-state index in [1.54, 1.807) is 7.11 Å². The average molecular weight is 601 g/mol. The van der Waals surface area contributed by atoms with Crippen molar-refractivity contribution in [2.45, 2.75) is 71.5 Å². The van der Waals surface area contributed by atoms with Gasteiger partial charge in [-0.25, -0.2) is 4.98 Å². The third kappa shape index (κ3) is 7.05. The van der Waals surface area contributed by atoms with Crippen LogP contribution in [0.1, 0.15) is 63.1 Å². The molecule has 1 aliphatic carbocycles. The van der Waals surface area contributed by atoms with E-state index in [1.807, 2.05) is 0 Å². The molecule has 0 amide bonds. The summed E-state index contributed by atoms with van der Waals surface area (Å²) in [6, 6.07) is 28.0. The molecule has 0 spiro atoms. The monoisotopic (exact) mass is 599 g/mol. The smallest absolute Gasteiger partial charge is 0.140 e. The van der Waals surface area contributed by atoms with Gasteiger partial charge in [0.2, 0.25) is 0 Å². The van der Waals surface area contributed by atoms with E-state index < -0.39 is 0 Å². The van der Waals surface area contributed by atoms with Crippen LogP contribution in [0.15, 0.2) is 83.3 Å². The Morgan fingerprint density at radius 1 is 0.900 bits per heavy atom. The summed E-state index contributed by atoms with van der Waals surface area (Å²) in [6.07, 6.45) is 9.04. The molecule has 0 saturated heterocycles. The molecule has 1 heterocycles. The Morgan fingerprint density at radius 3 is 2.25 bits per heavy atom. The average Bonchev–Trinajstić information content (AvgIpc) is 3.35. The van der Waals surface area contributed by atoms with E-state index in [0.29, 0.717) is 0 Å². The SMILES string of the molecule is CCCCn1c(-c2ccccc2)nc(-c2ccccc2)c1CN(Cc1ccc(OC)c(Br)c1)CC1CCCCC1. The number of benzene rings is 3. The lowest BCUT2D eigenvalue weighted by Crippen LogP contribution is -2.31. The molecule has 1 aliphatic rings. The molecule has 1 aromatic heterocycles. The Hall–Kier alpha value is -2.89. The van der Waals surface area contributed by atoms with Crippen LogP contribution in [-0.4, -0.2) is 28.1 Å². The molecule has 0 bridgehead atoms. The van der Waals surface area contributed by atoms with Gasteiger partial charge in [-0.05, 0) is 58.8 Å². The number of halogens is 1. The summed E-state index contributed by atoms with van der Waals surface area (Å²) in [4.78, 5) is 8.03. The number of hydrogen-bond donors (Lipinski definition) is 0. The zero-order valence-electron chi connectivity index (χ0n) is 24.0. The molecule has 5 rings (SSSR count). The summed E-state index contributed by atoms with van der Waals surface area (Å²) in [5, 5.41) is 0. The number of unbranched alkanes of at least 4 members (excludes halogenated alkanes) is 1. The second kappa shape index (κ2) is 14.1. The van der Waals surface area contributed by atoms with Crippen LogP contribution in [0, 0.1) is 5.92 Å². The highest BCUT2D eigenvalue weighted by Gasteiger charge is 2.24. The number of hydrogen-bond acceptors (Lipinski definition) is 3. The van der Waals surface area contributed by atoms with E-state index >= 15 is 0 Å². The van der Waals surface area contributed by atoms with Gasteiger partial charge in [-0.15, -0.1) is 0 Å². The van der Waals surface area contributed by atoms with Crippen molar-refractivity contribution in [1.29, 1.82) is 0 Å². The third-order valence-electron chi connectivity index (χ3n) is 8.12. The Labute approximate surface area is 248 Å². The highest BCUT2D eigenvalue weighted by molar-refractivity contribution is 9.10. The molecule has 0 N–H and O–H groups in total. The quantitative estimate of drug-likeness (QED) is 0.162. The Bertz CT molecular complexity index is 1350. The lowest BCUT2D eigenvalue weighted by Gasteiger charge is -2.30. The van der Waals surface area contributed by atoms with Gasteiger partial charge in [-0.3, -0.25) is 4.90 Å². The van der Waals surface area contributed by atoms with E-state index in [4.69, 9.17) is 9.72 Å². The van der Waals surface area contributed by atoms with E-state index in [2.05, 4.69) is 111 Å². The maximum absolute atomic E-state index is 5.51. The van der Waals surface area contributed by atoms with Crippen molar-refractivity contribution in [1.82, 2.24) is 14.5 Å². The molecule has 0 aliphatic heterocycles. The maximum Gasteiger partial charge on any atom is 0.140 e. The fraction of sp³-hybridized carbons (Fsp3) is 0.400. The lowest BCUT2D eigenvalue weighted by molar-refractivity contribution is 0.183. The van der Waals surface area contributed by atoms with Crippen LogP contribution in [0.3, 0.4) is 0 Å². The maximum atomic E-state index is 5.51. The number of aromatic nitrogens is 2. The molecule has 40 heavy (non-hydrogen) atoms. The normalized spacial score (nSPS) is 14.1. The van der Waals surface area contributed by atoms with Crippen LogP contribution >= 0.6 is 15.9 Å². The molecule has 0 atom stereocenters. The van der Waals surface area contributed by atoms with Crippen LogP contribution in [0.25, 0.3) is 22.6 Å². The first-order valence-electron chi connectivity index (χ1n) is 14.9. The van der Waals surface area contributed by atoms with Crippen LogP contribution in [0.5, 0.6) is 5.75 Å². The summed E-state index contributed by atoms with van der Waals surface area (Å²) in [6.45, 7) is 6.12. The standard InChI is InChI=1S/C35H42BrN3O/c1-3-4-22-39-32(34(29-16-10-6-11-17-29)37-35(39)30-18-12-7-13-19-30)26-38(24-27-14-8-5-9-15-27)25-28-20-21-33(40-2)31(36)23-28/h6-7,10-13,16-21,23,27H,3-5,8-9,14-15,22,24-26H2,1-2H3. The molecule has 1 fully saturated rings. The molecule has 3 aromatic carbocycles. The first kappa shape index (κ1) is 28.6. The van der Waals surface area contributed by atoms with Crippen LogP contribution < -0.4 is 4.74 Å². The predicted molar refractivity (Wildman–Crippen MR) is 169 cm³/mol. The van der Waals surface area contributed by atoms with E-state index in [9.17, 15) is 0 Å². The Morgan fingerprint density at radius 2 is 1.60 bits per heavy atom. The van der Waals surface area contributed by atoms with Crippen molar-refractivity contribution in [2.24, 2.45) is 5.92 Å². The second-order valence-corrected chi connectivity index (χ2v) is 12.0. The van der Waals surface area contributed by atoms with Crippen molar-refractivity contribution in [3.8, 4) is 28.4 Å². The summed E-state index contributed by atoms with van der Waals surface area (Å²) in [5.41, 5.74) is 6.10. The van der Waals surface area contributed by atoms with Gasteiger partial charge >= 0.3 is 0 Å². The summed E-state index contributed by atoms with van der Waals surface area (Å²) >= 11 is 3.72. The van der Waals surface area contributed by atoms with Crippen molar-refractivity contribution in [3.05, 3.63) is 94.6 Å². The van der Waals surface area contributed by atoms with Gasteiger partial charge in [0.1, 0.15) is 11.6 Å². The van der Waals surface area contributed by atoms with Gasteiger partial charge in [0.05, 0.1) is 23.0 Å². The first-order valence-corrected chi connectivity index (χ1v) is 15.7. The molecular formula is C35H42BrN3O. The minimum absolute atomic E-state index is 0.747. The molecule has 5 heteroatoms. The van der Waals surface area contributed by atoms with E-state index in [0.717, 1.165) is 66.7 Å². The molecular weight excluding hydrogens is 558 g/mol. The van der Waals surface area contributed by atoms with Gasteiger partial charge in [0.25, 0.3) is 0 Å². The van der Waals surface area contributed by atoms with Gasteiger partial charge < -0.3 is 9.30 Å². The molecule has 4 aromatic rings. The lowest BCUT2D eigenvalue weighted by atomic mass is 9.89. The summed E-state index contributed by atoms with van der Waals surface area (Å²) in [5.74, 6) is 2.70. The topological polar surface area (TPSA) is 30.3 Å². The second-order valence-electron chi connectivity index (χ2n) is 11.1. The zero-order chi connectivity index (χ0) is 27.7. The van der Waals surface area contributed by atoms with Gasteiger partial charge in [0, 0.05) is 37.3 Å². The van der Waals surface area contributed by atoms with Gasteiger partial charge in [-0.1, -0.05) is 99.3 Å². The Balaban J connectivity index is 1.57. The number of imidazole rings is 1. The minimum atomic E-state index is 0.747. The molecule has 0 radical (unpaired) electrons. The highest BCUT2D eigenvalue weighted by Crippen LogP contribution is 2.33. The largest absolute Gasteiger partial charge is 0.496 e. The van der Waals surface area contributed by atoms with Crippen molar-refractivity contribution < 1.29 is 4.74 Å². The predicted octanol–water partition coefficient (Wildman–Crippen LogP) is 9.37. The third-order valence-corrected chi connectivity index (χ3v) is 8.74. The summed E-state index contributed by atoms with van der Waals surface area (Å²) < 4.78 is 9.03. The number of ether oxygens (including phenoxy) is 1. The molecule has 0 unspecified atom stereocenters. The summed E-state index contributed by atoms with van der Waals surface area (Å²) in [7, 11) is 1.72. The molecule has 1 saturated carbocycles. The van der Waals surface area contributed by atoms with Crippen molar-refractivity contribution in [2.75, 3.05) is 13.7 Å². The molecule has 4 nitrogen and oxygen atoms in total. The van der Waals surface area contributed by atoms with Gasteiger partial charge in [-0.2, -0.15) is 0 Å². The van der Waals surface area contributed by atoms with Crippen LogP contribution in [0.4, 0.5) is 0 Å². The van der Waals surface area contributed by atoms with Crippen LogP contribution in [-0.2, 0) is 19.6 Å². The first-order chi connectivity index (χ1) is 19.7. The minimum Gasteiger partial charge on any atom is -0.496 e. The fourth-order valence-electron chi connectivity index (χ4n) is 6.04. The fourth-order valence-corrected chi connectivity index (χ4v) is 6.62. The highest BCUT2D eigenvalue weighted by atomic mass is 79.9.